The van der Waals surface area contributed by atoms with Gasteiger partial charge in [0, 0.05) is 24.1 Å². The van der Waals surface area contributed by atoms with Gasteiger partial charge in [0.15, 0.2) is 0 Å². The zero-order valence-corrected chi connectivity index (χ0v) is 13.0. The molecule has 3 rings (SSSR count). The second-order valence-electron chi connectivity index (χ2n) is 6.36. The summed E-state index contributed by atoms with van der Waals surface area (Å²) in [6, 6.07) is 9.25. The van der Waals surface area contributed by atoms with Crippen LogP contribution in [0, 0.1) is 0 Å². The fourth-order valence-electron chi connectivity index (χ4n) is 3.17. The number of nitrogens with one attached hydrogen (secondary N) is 1. The van der Waals surface area contributed by atoms with Gasteiger partial charge in [-0.15, -0.1) is 0 Å². The molecule has 2 aromatic rings. The molecule has 0 aliphatic heterocycles. The van der Waals surface area contributed by atoms with Crippen LogP contribution in [0.1, 0.15) is 63.5 Å². The second-order valence-corrected chi connectivity index (χ2v) is 6.36. The molecule has 112 valence electrons. The molecule has 1 aliphatic carbocycles. The van der Waals surface area contributed by atoms with Gasteiger partial charge in [-0.2, -0.15) is 0 Å². The lowest BCUT2D eigenvalue weighted by Gasteiger charge is -2.24. The predicted octanol–water partition coefficient (Wildman–Crippen LogP) is 5.26. The Bertz CT molecular complexity index is 580. The van der Waals surface area contributed by atoms with E-state index in [0.717, 1.165) is 11.6 Å². The van der Waals surface area contributed by atoms with E-state index in [9.17, 15) is 0 Å². The van der Waals surface area contributed by atoms with Gasteiger partial charge < -0.3 is 9.88 Å². The van der Waals surface area contributed by atoms with E-state index in [1.54, 1.807) is 0 Å². The number of rotatable bonds is 4. The van der Waals surface area contributed by atoms with Crippen molar-refractivity contribution in [1.29, 1.82) is 0 Å². The third kappa shape index (κ3) is 3.29. The molecule has 0 atom stereocenters. The Labute approximate surface area is 127 Å². The molecule has 1 aromatic carbocycles. The summed E-state index contributed by atoms with van der Waals surface area (Å²) in [4.78, 5) is 4.51. The minimum atomic E-state index is 0.546. The average molecular weight is 283 g/mol. The Hall–Kier alpha value is -1.77. The topological polar surface area (TPSA) is 29.9 Å². The highest BCUT2D eigenvalue weighted by Gasteiger charge is 2.17. The van der Waals surface area contributed by atoms with Crippen molar-refractivity contribution in [3.8, 4) is 0 Å². The molecule has 0 saturated heterocycles. The van der Waals surface area contributed by atoms with E-state index in [1.165, 1.54) is 37.7 Å². The minimum absolute atomic E-state index is 0.546. The van der Waals surface area contributed by atoms with Gasteiger partial charge in [0.25, 0.3) is 0 Å². The normalized spacial score (nSPS) is 16.3. The summed E-state index contributed by atoms with van der Waals surface area (Å²) < 4.78 is 2.32. The van der Waals surface area contributed by atoms with Gasteiger partial charge >= 0.3 is 0 Å². The molecule has 1 aliphatic rings. The number of benzene rings is 1. The molecule has 0 radical (unpaired) electrons. The third-order valence-electron chi connectivity index (χ3n) is 4.45. The standard InChI is InChI=1S/C18H25N3/c1-14(2)15-7-6-8-16(13-15)20-18-19-11-12-21(18)17-9-4-3-5-10-17/h6-8,11-14,17H,3-5,9-10H2,1-2H3,(H,19,20). The molecule has 1 N–H and O–H groups in total. The van der Waals surface area contributed by atoms with Crippen LogP contribution in [0.5, 0.6) is 0 Å². The summed E-state index contributed by atoms with van der Waals surface area (Å²) in [5, 5.41) is 3.50. The van der Waals surface area contributed by atoms with E-state index in [0.29, 0.717) is 12.0 Å². The smallest absolute Gasteiger partial charge is 0.207 e. The Morgan fingerprint density at radius 3 is 2.76 bits per heavy atom. The molecule has 0 amide bonds. The van der Waals surface area contributed by atoms with Gasteiger partial charge in [-0.25, -0.2) is 4.98 Å². The lowest BCUT2D eigenvalue weighted by atomic mass is 9.95. The molecule has 0 unspecified atom stereocenters. The number of nitrogens with zero attached hydrogens (tertiary/aromatic N) is 2. The number of hydrogen-bond acceptors (Lipinski definition) is 2. The minimum Gasteiger partial charge on any atom is -0.326 e. The number of anilines is 2. The summed E-state index contributed by atoms with van der Waals surface area (Å²) in [6.45, 7) is 4.45. The molecule has 1 aromatic heterocycles. The van der Waals surface area contributed by atoms with Gasteiger partial charge in [0.1, 0.15) is 0 Å². The Morgan fingerprint density at radius 1 is 1.19 bits per heavy atom. The zero-order chi connectivity index (χ0) is 14.7. The molecule has 0 spiro atoms. The highest BCUT2D eigenvalue weighted by molar-refractivity contribution is 5.55. The van der Waals surface area contributed by atoms with Crippen LogP contribution in [-0.2, 0) is 0 Å². The summed E-state index contributed by atoms with van der Waals surface area (Å²) in [6.07, 6.45) is 10.6. The van der Waals surface area contributed by atoms with Gasteiger partial charge in [0.2, 0.25) is 5.95 Å². The first-order valence-corrected chi connectivity index (χ1v) is 8.14. The largest absolute Gasteiger partial charge is 0.326 e. The third-order valence-corrected chi connectivity index (χ3v) is 4.45. The van der Waals surface area contributed by atoms with Crippen LogP contribution in [0.25, 0.3) is 0 Å². The molecule has 21 heavy (non-hydrogen) atoms. The van der Waals surface area contributed by atoms with Crippen LogP contribution >= 0.6 is 0 Å². The zero-order valence-electron chi connectivity index (χ0n) is 13.0. The molecular formula is C18H25N3. The van der Waals surface area contributed by atoms with E-state index in [2.05, 4.69) is 59.2 Å². The number of imidazole rings is 1. The van der Waals surface area contributed by atoms with Crippen LogP contribution in [0.2, 0.25) is 0 Å². The van der Waals surface area contributed by atoms with Crippen molar-refractivity contribution in [3.05, 3.63) is 42.2 Å². The van der Waals surface area contributed by atoms with E-state index in [-0.39, 0.29) is 0 Å². The summed E-state index contributed by atoms with van der Waals surface area (Å²) in [5.41, 5.74) is 2.49. The van der Waals surface area contributed by atoms with E-state index in [4.69, 9.17) is 0 Å². The van der Waals surface area contributed by atoms with Crippen molar-refractivity contribution >= 4 is 11.6 Å². The Balaban J connectivity index is 1.79. The van der Waals surface area contributed by atoms with Gasteiger partial charge in [-0.1, -0.05) is 45.2 Å². The van der Waals surface area contributed by atoms with Crippen molar-refractivity contribution in [3.63, 3.8) is 0 Å². The molecule has 1 fully saturated rings. The highest BCUT2D eigenvalue weighted by atomic mass is 15.2. The first kappa shape index (κ1) is 14.2. The lowest BCUT2D eigenvalue weighted by molar-refractivity contribution is 0.356. The first-order valence-electron chi connectivity index (χ1n) is 8.14. The van der Waals surface area contributed by atoms with Gasteiger partial charge in [-0.3, -0.25) is 0 Å². The predicted molar refractivity (Wildman–Crippen MR) is 88.2 cm³/mol. The lowest BCUT2D eigenvalue weighted by Crippen LogP contribution is -2.14. The van der Waals surface area contributed by atoms with Crippen molar-refractivity contribution in [2.45, 2.75) is 57.9 Å². The summed E-state index contributed by atoms with van der Waals surface area (Å²) in [5.74, 6) is 1.52. The molecule has 3 nitrogen and oxygen atoms in total. The monoisotopic (exact) mass is 283 g/mol. The molecule has 0 bridgehead atoms. The van der Waals surface area contributed by atoms with E-state index < -0.39 is 0 Å². The van der Waals surface area contributed by atoms with E-state index in [1.807, 2.05) is 6.20 Å². The fraction of sp³-hybridized carbons (Fsp3) is 0.500. The fourth-order valence-corrected chi connectivity index (χ4v) is 3.17. The maximum absolute atomic E-state index is 4.51. The van der Waals surface area contributed by atoms with Crippen LogP contribution in [0.4, 0.5) is 11.6 Å². The molecule has 1 saturated carbocycles. The van der Waals surface area contributed by atoms with Crippen molar-refractivity contribution < 1.29 is 0 Å². The SMILES string of the molecule is CC(C)c1cccc(Nc2nccn2C2CCCCC2)c1. The van der Waals surface area contributed by atoms with Crippen LogP contribution in [0.15, 0.2) is 36.7 Å². The van der Waals surface area contributed by atoms with Crippen LogP contribution in [0.3, 0.4) is 0 Å². The summed E-state index contributed by atoms with van der Waals surface area (Å²) in [7, 11) is 0. The van der Waals surface area contributed by atoms with Gasteiger partial charge in [-0.05, 0) is 36.5 Å². The quantitative estimate of drug-likeness (QED) is 0.830. The van der Waals surface area contributed by atoms with Gasteiger partial charge in [0.05, 0.1) is 0 Å². The summed E-state index contributed by atoms with van der Waals surface area (Å²) >= 11 is 0. The van der Waals surface area contributed by atoms with Crippen molar-refractivity contribution in [1.82, 2.24) is 9.55 Å². The number of aromatic nitrogens is 2. The van der Waals surface area contributed by atoms with Crippen molar-refractivity contribution in [2.24, 2.45) is 0 Å². The maximum Gasteiger partial charge on any atom is 0.207 e. The Morgan fingerprint density at radius 2 is 2.00 bits per heavy atom. The van der Waals surface area contributed by atoms with E-state index >= 15 is 0 Å². The van der Waals surface area contributed by atoms with Crippen LogP contribution in [-0.4, -0.2) is 9.55 Å². The molecule has 3 heteroatoms. The maximum atomic E-state index is 4.51. The number of hydrogen-bond donors (Lipinski definition) is 1. The van der Waals surface area contributed by atoms with Crippen molar-refractivity contribution in [2.75, 3.05) is 5.32 Å². The Kier molecular flexibility index (Phi) is 4.28. The highest BCUT2D eigenvalue weighted by Crippen LogP contribution is 2.31. The average Bonchev–Trinajstić information content (AvgIpc) is 2.96. The van der Waals surface area contributed by atoms with Crippen LogP contribution < -0.4 is 5.32 Å². The second kappa shape index (κ2) is 6.33. The molecular weight excluding hydrogens is 258 g/mol. The first-order chi connectivity index (χ1) is 10.2. The molecule has 1 heterocycles.